The highest BCUT2D eigenvalue weighted by molar-refractivity contribution is 7.89. The summed E-state index contributed by atoms with van der Waals surface area (Å²) in [5.41, 5.74) is 0.165. The van der Waals surface area contributed by atoms with Crippen molar-refractivity contribution in [3.05, 3.63) is 29.8 Å². The molecule has 1 aromatic carbocycles. The van der Waals surface area contributed by atoms with Crippen molar-refractivity contribution in [2.45, 2.75) is 30.6 Å². The van der Waals surface area contributed by atoms with Gasteiger partial charge in [-0.1, -0.05) is 18.6 Å². The number of benzene rings is 1. The van der Waals surface area contributed by atoms with Crippen LogP contribution < -0.4 is 0 Å². The van der Waals surface area contributed by atoms with E-state index < -0.39 is 10.0 Å². The molecule has 0 bridgehead atoms. The van der Waals surface area contributed by atoms with Gasteiger partial charge in [-0.3, -0.25) is 4.79 Å². The minimum Gasteiger partial charge on any atom is -0.341 e. The standard InChI is InChI=1S/C16H21N3O3S/c1-18(11-7-10-17)16(20)14-8-3-4-9-15(14)23(21,22)19-12-5-2-6-13-19/h3-4,8-9H,2,5-7,11-13H2,1H3. The molecule has 0 aliphatic carbocycles. The first-order valence-corrected chi connectivity index (χ1v) is 9.14. The van der Waals surface area contributed by atoms with Crippen molar-refractivity contribution in [3.63, 3.8) is 0 Å². The number of carbonyl (C=O) groups excluding carboxylic acids is 1. The topological polar surface area (TPSA) is 81.5 Å². The van der Waals surface area contributed by atoms with E-state index in [4.69, 9.17) is 5.26 Å². The van der Waals surface area contributed by atoms with Gasteiger partial charge in [-0.25, -0.2) is 8.42 Å². The molecule has 2 rings (SSSR count). The maximum atomic E-state index is 12.9. The molecule has 0 aromatic heterocycles. The van der Waals surface area contributed by atoms with Crippen molar-refractivity contribution in [1.82, 2.24) is 9.21 Å². The smallest absolute Gasteiger partial charge is 0.255 e. The zero-order valence-electron chi connectivity index (χ0n) is 13.2. The third kappa shape index (κ3) is 3.89. The first-order valence-electron chi connectivity index (χ1n) is 7.70. The Kier molecular flexibility index (Phi) is 5.74. The summed E-state index contributed by atoms with van der Waals surface area (Å²) in [7, 11) is -2.10. The lowest BCUT2D eigenvalue weighted by Gasteiger charge is -2.27. The van der Waals surface area contributed by atoms with Gasteiger partial charge < -0.3 is 4.90 Å². The molecular formula is C16H21N3O3S. The molecule has 0 atom stereocenters. The lowest BCUT2D eigenvalue weighted by atomic mass is 10.2. The Morgan fingerprint density at radius 1 is 1.26 bits per heavy atom. The van der Waals surface area contributed by atoms with Crippen molar-refractivity contribution in [2.24, 2.45) is 0 Å². The number of nitrogens with zero attached hydrogens (tertiary/aromatic N) is 3. The fourth-order valence-electron chi connectivity index (χ4n) is 2.64. The van der Waals surface area contributed by atoms with E-state index in [0.29, 0.717) is 13.1 Å². The number of piperidine rings is 1. The summed E-state index contributed by atoms with van der Waals surface area (Å²) in [6.07, 6.45) is 2.93. The monoisotopic (exact) mass is 335 g/mol. The highest BCUT2D eigenvalue weighted by atomic mass is 32.2. The van der Waals surface area contributed by atoms with Crippen molar-refractivity contribution >= 4 is 15.9 Å². The summed E-state index contributed by atoms with van der Waals surface area (Å²) in [5, 5.41) is 8.63. The van der Waals surface area contributed by atoms with Crippen molar-refractivity contribution in [3.8, 4) is 6.07 Å². The highest BCUT2D eigenvalue weighted by Gasteiger charge is 2.30. The second kappa shape index (κ2) is 7.57. The summed E-state index contributed by atoms with van der Waals surface area (Å²) >= 11 is 0. The summed E-state index contributed by atoms with van der Waals surface area (Å²) in [6, 6.07) is 8.27. The Morgan fingerprint density at radius 3 is 2.57 bits per heavy atom. The average molecular weight is 335 g/mol. The second-order valence-electron chi connectivity index (χ2n) is 5.60. The molecule has 1 heterocycles. The fourth-order valence-corrected chi connectivity index (χ4v) is 4.34. The minimum absolute atomic E-state index is 0.0516. The van der Waals surface area contributed by atoms with Crippen LogP contribution >= 0.6 is 0 Å². The van der Waals surface area contributed by atoms with Crippen LogP contribution in [0.25, 0.3) is 0 Å². The third-order valence-corrected chi connectivity index (χ3v) is 5.91. The van der Waals surface area contributed by atoms with Gasteiger partial charge in [0.1, 0.15) is 0 Å². The highest BCUT2D eigenvalue weighted by Crippen LogP contribution is 2.24. The normalized spacial score (nSPS) is 15.8. The molecule has 0 radical (unpaired) electrons. The van der Waals surface area contributed by atoms with E-state index in [1.165, 1.54) is 21.3 Å². The first kappa shape index (κ1) is 17.4. The molecule has 0 spiro atoms. The molecule has 1 aromatic rings. The molecule has 0 unspecified atom stereocenters. The molecular weight excluding hydrogens is 314 g/mol. The van der Waals surface area contributed by atoms with Crippen LogP contribution in [0.4, 0.5) is 0 Å². The van der Waals surface area contributed by atoms with E-state index >= 15 is 0 Å². The number of sulfonamides is 1. The molecule has 0 saturated carbocycles. The van der Waals surface area contributed by atoms with Gasteiger partial charge in [-0.15, -0.1) is 0 Å². The zero-order valence-corrected chi connectivity index (χ0v) is 14.1. The number of rotatable bonds is 5. The summed E-state index contributed by atoms with van der Waals surface area (Å²) in [4.78, 5) is 14.0. The zero-order chi connectivity index (χ0) is 16.9. The number of hydrogen-bond donors (Lipinski definition) is 0. The summed E-state index contributed by atoms with van der Waals surface area (Å²) in [6.45, 7) is 1.26. The minimum atomic E-state index is -3.67. The van der Waals surface area contributed by atoms with Gasteiger partial charge in [-0.2, -0.15) is 9.57 Å². The van der Waals surface area contributed by atoms with Gasteiger partial charge in [0.05, 0.1) is 22.9 Å². The molecule has 7 heteroatoms. The number of amides is 1. The molecule has 1 fully saturated rings. The number of hydrogen-bond acceptors (Lipinski definition) is 4. The van der Waals surface area contributed by atoms with E-state index in [0.717, 1.165) is 19.3 Å². The van der Waals surface area contributed by atoms with Crippen LogP contribution in [0.5, 0.6) is 0 Å². The van der Waals surface area contributed by atoms with Gasteiger partial charge in [0.2, 0.25) is 10.0 Å². The maximum absolute atomic E-state index is 12.9. The van der Waals surface area contributed by atoms with Crippen LogP contribution in [0, 0.1) is 11.3 Å². The quantitative estimate of drug-likeness (QED) is 0.822. The van der Waals surface area contributed by atoms with Crippen molar-refractivity contribution in [1.29, 1.82) is 5.26 Å². The van der Waals surface area contributed by atoms with Crippen LogP contribution in [0.2, 0.25) is 0 Å². The molecule has 1 saturated heterocycles. The van der Waals surface area contributed by atoms with Gasteiger partial charge in [0.15, 0.2) is 0 Å². The maximum Gasteiger partial charge on any atom is 0.255 e. The average Bonchev–Trinajstić information content (AvgIpc) is 2.59. The van der Waals surface area contributed by atoms with Crippen molar-refractivity contribution in [2.75, 3.05) is 26.7 Å². The SMILES string of the molecule is CN(CCC#N)C(=O)c1ccccc1S(=O)(=O)N1CCCCC1. The van der Waals surface area contributed by atoms with E-state index in [-0.39, 0.29) is 29.3 Å². The molecule has 1 aliphatic rings. The van der Waals surface area contributed by atoms with Crippen LogP contribution in [-0.4, -0.2) is 50.2 Å². The van der Waals surface area contributed by atoms with Gasteiger partial charge >= 0.3 is 0 Å². The summed E-state index contributed by atoms with van der Waals surface area (Å²) in [5.74, 6) is -0.378. The van der Waals surface area contributed by atoms with Crippen LogP contribution in [0.15, 0.2) is 29.2 Å². The number of nitriles is 1. The third-order valence-electron chi connectivity index (χ3n) is 3.96. The van der Waals surface area contributed by atoms with E-state index in [2.05, 4.69) is 0 Å². The second-order valence-corrected chi connectivity index (χ2v) is 7.50. The molecule has 6 nitrogen and oxygen atoms in total. The molecule has 124 valence electrons. The Bertz CT molecular complexity index is 704. The fraction of sp³-hybridized carbons (Fsp3) is 0.500. The Hall–Kier alpha value is -1.91. The number of carbonyl (C=O) groups is 1. The first-order chi connectivity index (χ1) is 11.0. The van der Waals surface area contributed by atoms with Crippen LogP contribution in [0.1, 0.15) is 36.0 Å². The van der Waals surface area contributed by atoms with Gasteiger partial charge in [0.25, 0.3) is 5.91 Å². The molecule has 23 heavy (non-hydrogen) atoms. The lowest BCUT2D eigenvalue weighted by Crippen LogP contribution is -2.37. The molecule has 1 aliphatic heterocycles. The Morgan fingerprint density at radius 2 is 1.91 bits per heavy atom. The van der Waals surface area contributed by atoms with Gasteiger partial charge in [0, 0.05) is 26.7 Å². The van der Waals surface area contributed by atoms with Crippen LogP contribution in [0.3, 0.4) is 0 Å². The largest absolute Gasteiger partial charge is 0.341 e. The van der Waals surface area contributed by atoms with Gasteiger partial charge in [-0.05, 0) is 25.0 Å². The summed E-state index contributed by atoms with van der Waals surface area (Å²) < 4.78 is 27.2. The molecule has 1 amide bonds. The van der Waals surface area contributed by atoms with E-state index in [9.17, 15) is 13.2 Å². The lowest BCUT2D eigenvalue weighted by molar-refractivity contribution is 0.0794. The Balaban J connectivity index is 2.33. The predicted octanol–water partition coefficient (Wildman–Crippen LogP) is 1.85. The molecule has 0 N–H and O–H groups in total. The van der Waals surface area contributed by atoms with E-state index in [1.807, 2.05) is 6.07 Å². The van der Waals surface area contributed by atoms with Crippen molar-refractivity contribution < 1.29 is 13.2 Å². The van der Waals surface area contributed by atoms with Crippen LogP contribution in [-0.2, 0) is 10.0 Å². The van der Waals surface area contributed by atoms with E-state index in [1.54, 1.807) is 19.2 Å². The Labute approximate surface area is 137 Å². The predicted molar refractivity (Wildman–Crippen MR) is 86.2 cm³/mol.